The predicted molar refractivity (Wildman–Crippen MR) is 147 cm³/mol. The van der Waals surface area contributed by atoms with Crippen molar-refractivity contribution in [3.63, 3.8) is 0 Å². The molecule has 2 aromatic carbocycles. The monoisotopic (exact) mass is 636 g/mol. The van der Waals surface area contributed by atoms with Crippen LogP contribution in [0.2, 0.25) is 0 Å². The maximum absolute atomic E-state index is 14.2. The maximum atomic E-state index is 14.2. The summed E-state index contributed by atoms with van der Waals surface area (Å²) in [6.07, 6.45) is 0.163. The molecule has 2 heterocycles. The summed E-state index contributed by atoms with van der Waals surface area (Å²) in [5, 5.41) is 11.2. The molecule has 0 aliphatic carbocycles. The Balaban J connectivity index is 1.51. The molecule has 240 valence electrons. The van der Waals surface area contributed by atoms with Gasteiger partial charge in [0.25, 0.3) is 5.91 Å². The molecule has 0 unspecified atom stereocenters. The van der Waals surface area contributed by atoms with Crippen LogP contribution < -0.4 is 20.7 Å². The van der Waals surface area contributed by atoms with Crippen LogP contribution in [0, 0.1) is 40.9 Å². The minimum Gasteiger partial charge on any atom is -0.479 e. The maximum Gasteiger partial charge on any atom is 0.274 e. The number of aromatic nitrogens is 1. The molecule has 1 saturated heterocycles. The van der Waals surface area contributed by atoms with Crippen LogP contribution in [0.15, 0.2) is 40.9 Å². The summed E-state index contributed by atoms with van der Waals surface area (Å²) < 4.78 is 79.4. The average Bonchev–Trinajstić information content (AvgIpc) is 3.64. The van der Waals surface area contributed by atoms with E-state index in [2.05, 4.69) is 21.1 Å². The number of ketones is 1. The van der Waals surface area contributed by atoms with E-state index in [1.807, 2.05) is 0 Å². The van der Waals surface area contributed by atoms with Crippen molar-refractivity contribution >= 4 is 23.5 Å². The number of rotatable bonds is 13. The molecule has 3 amide bonds. The van der Waals surface area contributed by atoms with E-state index in [-0.39, 0.29) is 41.8 Å². The van der Waals surface area contributed by atoms with Crippen molar-refractivity contribution in [3.8, 4) is 17.1 Å². The number of Topliss-reactive ketones (excluding diaryl/α,β-unsaturated/α-hetero) is 1. The van der Waals surface area contributed by atoms with Crippen molar-refractivity contribution in [2.24, 2.45) is 11.8 Å². The van der Waals surface area contributed by atoms with E-state index in [0.717, 1.165) is 0 Å². The standard InChI is InChI=1S/C30H29F5N4O6/c1-14(2)9-21(38-30(43)22-12-24(45-39-22)16-5-3-4-6-17(16)31)29(42)37-20(10-15-7-8-36-28(15)41)23(40)13-44-27-25(34)18(32)11-19(33)26(27)35/h3-6,11-12,14-15,20-21H,7-10,13H2,1-2H3,(H,36,41)(H,37,42)(H,38,43)/t15-,20-,21-/m0/s1. The normalized spacial score (nSPS) is 15.8. The zero-order valence-electron chi connectivity index (χ0n) is 24.1. The molecule has 45 heavy (non-hydrogen) atoms. The largest absolute Gasteiger partial charge is 0.479 e. The molecule has 1 aliphatic rings. The lowest BCUT2D eigenvalue weighted by Gasteiger charge is -2.25. The Labute approximate surface area is 253 Å². The number of ether oxygens (including phenoxy) is 1. The second kappa shape index (κ2) is 14.3. The van der Waals surface area contributed by atoms with Gasteiger partial charge >= 0.3 is 0 Å². The van der Waals surface area contributed by atoms with Gasteiger partial charge in [-0.15, -0.1) is 0 Å². The van der Waals surface area contributed by atoms with Crippen LogP contribution in [0.1, 0.15) is 43.6 Å². The Morgan fingerprint density at radius 1 is 1.00 bits per heavy atom. The molecule has 3 N–H and O–H groups in total. The molecule has 0 saturated carbocycles. The molecule has 0 spiro atoms. The smallest absolute Gasteiger partial charge is 0.274 e. The summed E-state index contributed by atoms with van der Waals surface area (Å²) >= 11 is 0. The van der Waals surface area contributed by atoms with Crippen LogP contribution >= 0.6 is 0 Å². The van der Waals surface area contributed by atoms with Crippen molar-refractivity contribution < 1.29 is 50.4 Å². The first-order valence-corrected chi connectivity index (χ1v) is 13.9. The predicted octanol–water partition coefficient (Wildman–Crippen LogP) is 3.84. The van der Waals surface area contributed by atoms with E-state index in [9.17, 15) is 41.1 Å². The first-order chi connectivity index (χ1) is 21.3. The van der Waals surface area contributed by atoms with Crippen molar-refractivity contribution in [1.29, 1.82) is 0 Å². The minimum absolute atomic E-state index is 0.0238. The first kappa shape index (κ1) is 33.1. The number of hydrogen-bond donors (Lipinski definition) is 3. The molecule has 1 aliphatic heterocycles. The average molecular weight is 637 g/mol. The molecule has 1 aromatic heterocycles. The Morgan fingerprint density at radius 3 is 2.31 bits per heavy atom. The van der Waals surface area contributed by atoms with Crippen molar-refractivity contribution in [2.45, 2.75) is 45.2 Å². The summed E-state index contributed by atoms with van der Waals surface area (Å²) in [5.41, 5.74) is -0.203. The SMILES string of the molecule is CC(C)C[C@H](NC(=O)c1cc(-c2ccccc2F)on1)C(=O)N[C@@H](C[C@@H]1CCNC1=O)C(=O)COc1c(F)c(F)cc(F)c1F. The van der Waals surface area contributed by atoms with E-state index in [1.54, 1.807) is 19.9 Å². The van der Waals surface area contributed by atoms with Gasteiger partial charge in [-0.3, -0.25) is 19.2 Å². The number of carbonyl (C=O) groups excluding carboxylic acids is 4. The van der Waals surface area contributed by atoms with E-state index < -0.39 is 82.9 Å². The molecular weight excluding hydrogens is 607 g/mol. The Bertz CT molecular complexity index is 1570. The van der Waals surface area contributed by atoms with Crippen LogP contribution in [0.5, 0.6) is 5.75 Å². The number of carbonyl (C=O) groups is 4. The van der Waals surface area contributed by atoms with Crippen LogP contribution in [0.3, 0.4) is 0 Å². The number of benzene rings is 2. The van der Waals surface area contributed by atoms with Crippen LogP contribution in [-0.4, -0.2) is 53.9 Å². The number of halogens is 5. The minimum atomic E-state index is -1.86. The van der Waals surface area contributed by atoms with Gasteiger partial charge in [-0.25, -0.2) is 13.2 Å². The Kier molecular flexibility index (Phi) is 10.5. The van der Waals surface area contributed by atoms with Gasteiger partial charge in [0.1, 0.15) is 18.5 Å². The van der Waals surface area contributed by atoms with Gasteiger partial charge in [-0.2, -0.15) is 8.78 Å². The summed E-state index contributed by atoms with van der Waals surface area (Å²) in [6, 6.07) is 4.12. The molecular formula is C30H29F5N4O6. The molecule has 0 bridgehead atoms. The summed E-state index contributed by atoms with van der Waals surface area (Å²) in [4.78, 5) is 51.8. The van der Waals surface area contributed by atoms with Gasteiger partial charge in [-0.1, -0.05) is 31.1 Å². The van der Waals surface area contributed by atoms with E-state index in [0.29, 0.717) is 13.0 Å². The van der Waals surface area contributed by atoms with Crippen LogP contribution in [0.25, 0.3) is 11.3 Å². The third kappa shape index (κ3) is 8.02. The fourth-order valence-corrected chi connectivity index (χ4v) is 4.72. The number of nitrogens with zero attached hydrogens (tertiary/aromatic N) is 1. The third-order valence-corrected chi connectivity index (χ3v) is 7.03. The third-order valence-electron chi connectivity index (χ3n) is 7.03. The Hall–Kier alpha value is -4.82. The van der Waals surface area contributed by atoms with Crippen molar-refractivity contribution in [1.82, 2.24) is 21.1 Å². The number of nitrogens with one attached hydrogen (secondary N) is 3. The van der Waals surface area contributed by atoms with E-state index in [4.69, 9.17) is 9.26 Å². The van der Waals surface area contributed by atoms with Gasteiger partial charge in [0.05, 0.1) is 11.6 Å². The summed E-state index contributed by atoms with van der Waals surface area (Å²) in [7, 11) is 0. The highest BCUT2D eigenvalue weighted by atomic mass is 19.2. The molecule has 0 radical (unpaired) electrons. The van der Waals surface area contributed by atoms with Gasteiger partial charge in [0, 0.05) is 24.6 Å². The van der Waals surface area contributed by atoms with Crippen molar-refractivity contribution in [2.75, 3.05) is 13.2 Å². The number of amides is 3. The van der Waals surface area contributed by atoms with Gasteiger partial charge in [0.15, 0.2) is 34.6 Å². The van der Waals surface area contributed by atoms with Crippen LogP contribution in [-0.2, 0) is 14.4 Å². The highest BCUT2D eigenvalue weighted by Gasteiger charge is 2.34. The first-order valence-electron chi connectivity index (χ1n) is 13.9. The summed E-state index contributed by atoms with van der Waals surface area (Å²) in [6.45, 7) is 2.72. The lowest BCUT2D eigenvalue weighted by atomic mass is 9.95. The lowest BCUT2D eigenvalue weighted by Crippen LogP contribution is -2.53. The zero-order chi connectivity index (χ0) is 32.8. The van der Waals surface area contributed by atoms with Gasteiger partial charge in [-0.05, 0) is 37.3 Å². The van der Waals surface area contributed by atoms with Crippen molar-refractivity contribution in [3.05, 3.63) is 71.2 Å². The molecule has 15 heteroatoms. The second-order valence-electron chi connectivity index (χ2n) is 10.8. The molecule has 3 atom stereocenters. The Morgan fingerprint density at radius 2 is 1.69 bits per heavy atom. The molecule has 3 aromatic rings. The quantitative estimate of drug-likeness (QED) is 0.191. The molecule has 4 rings (SSSR count). The van der Waals surface area contributed by atoms with E-state index in [1.165, 1.54) is 24.3 Å². The van der Waals surface area contributed by atoms with E-state index >= 15 is 0 Å². The lowest BCUT2D eigenvalue weighted by molar-refractivity contribution is -0.131. The topological polar surface area (TPSA) is 140 Å². The highest BCUT2D eigenvalue weighted by Crippen LogP contribution is 2.27. The van der Waals surface area contributed by atoms with Gasteiger partial charge in [0.2, 0.25) is 23.4 Å². The fraction of sp³-hybridized carbons (Fsp3) is 0.367. The second-order valence-corrected chi connectivity index (χ2v) is 10.8. The zero-order valence-corrected chi connectivity index (χ0v) is 24.1. The molecule has 1 fully saturated rings. The highest BCUT2D eigenvalue weighted by molar-refractivity contribution is 5.98. The van der Waals surface area contributed by atoms with Crippen LogP contribution in [0.4, 0.5) is 22.0 Å². The molecule has 10 nitrogen and oxygen atoms in total. The number of hydrogen-bond acceptors (Lipinski definition) is 7. The summed E-state index contributed by atoms with van der Waals surface area (Å²) in [5.74, 6) is -13.2. The van der Waals surface area contributed by atoms with Gasteiger partial charge < -0.3 is 25.2 Å². The fourth-order valence-electron chi connectivity index (χ4n) is 4.72.